The second-order valence-electron chi connectivity index (χ2n) is 5.16. The molecule has 0 aromatic heterocycles. The highest BCUT2D eigenvalue weighted by atomic mass is 35.5. The zero-order valence-corrected chi connectivity index (χ0v) is 12.3. The normalized spacial score (nSPS) is 23.7. The van der Waals surface area contributed by atoms with Gasteiger partial charge in [-0.15, -0.1) is 0 Å². The van der Waals surface area contributed by atoms with Crippen molar-refractivity contribution < 1.29 is 13.5 Å². The van der Waals surface area contributed by atoms with E-state index in [-0.39, 0.29) is 22.6 Å². The molecule has 2 unspecified atom stereocenters. The van der Waals surface area contributed by atoms with Gasteiger partial charge in [-0.2, -0.15) is 0 Å². The van der Waals surface area contributed by atoms with Crippen LogP contribution in [-0.2, 0) is 16.6 Å². The van der Waals surface area contributed by atoms with Gasteiger partial charge in [0.05, 0.1) is 11.6 Å². The highest BCUT2D eigenvalue weighted by Crippen LogP contribution is 2.28. The van der Waals surface area contributed by atoms with E-state index in [0.717, 1.165) is 19.3 Å². The first kappa shape index (κ1) is 14.8. The molecule has 1 saturated carbocycles. The zero-order chi connectivity index (χ0) is 14.0. The van der Waals surface area contributed by atoms with Crippen molar-refractivity contribution in [2.24, 2.45) is 5.92 Å². The van der Waals surface area contributed by atoms with Crippen LogP contribution in [0.25, 0.3) is 0 Å². The summed E-state index contributed by atoms with van der Waals surface area (Å²) < 4.78 is 27.3. The fourth-order valence-corrected chi connectivity index (χ4v) is 4.28. The van der Waals surface area contributed by atoms with Gasteiger partial charge in [-0.05, 0) is 42.9 Å². The maximum Gasteiger partial charge on any atom is 0.242 e. The van der Waals surface area contributed by atoms with Gasteiger partial charge in [0.25, 0.3) is 0 Å². The fourth-order valence-electron chi connectivity index (χ4n) is 2.45. The molecule has 0 bridgehead atoms. The number of rotatable bonds is 4. The van der Waals surface area contributed by atoms with Crippen LogP contribution in [0.5, 0.6) is 0 Å². The number of nitrogens with one attached hydrogen (secondary N) is 1. The van der Waals surface area contributed by atoms with Gasteiger partial charge in [-0.25, -0.2) is 13.1 Å². The summed E-state index contributed by atoms with van der Waals surface area (Å²) in [6.45, 7) is 1.91. The molecule has 1 aliphatic rings. The maximum absolute atomic E-state index is 12.3. The Hall–Kier alpha value is -0.620. The summed E-state index contributed by atoms with van der Waals surface area (Å²) in [4.78, 5) is 0.0419. The van der Waals surface area contributed by atoms with Crippen molar-refractivity contribution in [3.8, 4) is 0 Å². The lowest BCUT2D eigenvalue weighted by molar-refractivity contribution is 0.281. The van der Waals surface area contributed by atoms with E-state index in [0.29, 0.717) is 11.5 Å². The topological polar surface area (TPSA) is 66.4 Å². The first-order valence-corrected chi connectivity index (χ1v) is 8.20. The maximum atomic E-state index is 12.3. The molecule has 2 rings (SSSR count). The fraction of sp³-hybridized carbons (Fsp3) is 0.538. The summed E-state index contributed by atoms with van der Waals surface area (Å²) in [5.74, 6) is 0.548. The van der Waals surface area contributed by atoms with Crippen molar-refractivity contribution in [3.63, 3.8) is 0 Å². The number of halogens is 1. The lowest BCUT2D eigenvalue weighted by Gasteiger charge is -2.14. The predicted molar refractivity (Wildman–Crippen MR) is 74.5 cm³/mol. The van der Waals surface area contributed by atoms with E-state index in [2.05, 4.69) is 11.6 Å². The predicted octanol–water partition coefficient (Wildman–Crippen LogP) is 2.30. The van der Waals surface area contributed by atoms with Crippen LogP contribution in [0.2, 0.25) is 5.02 Å². The van der Waals surface area contributed by atoms with Crippen molar-refractivity contribution in [2.75, 3.05) is 0 Å². The molecular formula is C13H18ClNO3S. The molecule has 19 heavy (non-hydrogen) atoms. The standard InChI is InChI=1S/C13H18ClNO3S/c1-9-2-4-11(6-9)15-19(17,18)13-7-10(8-16)3-5-12(13)14/h3,5,7,9,11,15-16H,2,4,6,8H2,1H3. The number of aliphatic hydroxyl groups excluding tert-OH is 1. The molecule has 0 aliphatic heterocycles. The summed E-state index contributed by atoms with van der Waals surface area (Å²) >= 11 is 5.95. The molecule has 1 aliphatic carbocycles. The summed E-state index contributed by atoms with van der Waals surface area (Å²) in [7, 11) is -3.62. The SMILES string of the molecule is CC1CCC(NS(=O)(=O)c2cc(CO)ccc2Cl)C1. The van der Waals surface area contributed by atoms with E-state index < -0.39 is 10.0 Å². The quantitative estimate of drug-likeness (QED) is 0.897. The number of aliphatic hydroxyl groups is 1. The molecule has 0 radical (unpaired) electrons. The molecule has 2 atom stereocenters. The second kappa shape index (κ2) is 5.79. The Morgan fingerprint density at radius 3 is 2.74 bits per heavy atom. The first-order valence-electron chi connectivity index (χ1n) is 6.34. The van der Waals surface area contributed by atoms with Gasteiger partial charge < -0.3 is 5.11 Å². The number of sulfonamides is 1. The minimum Gasteiger partial charge on any atom is -0.392 e. The van der Waals surface area contributed by atoms with Crippen LogP contribution in [0, 0.1) is 5.92 Å². The van der Waals surface area contributed by atoms with Crippen molar-refractivity contribution in [2.45, 2.75) is 43.7 Å². The van der Waals surface area contributed by atoms with Crippen LogP contribution in [0.4, 0.5) is 0 Å². The largest absolute Gasteiger partial charge is 0.392 e. The molecule has 2 N–H and O–H groups in total. The molecular weight excluding hydrogens is 286 g/mol. The second-order valence-corrected chi connectivity index (χ2v) is 7.25. The van der Waals surface area contributed by atoms with E-state index in [4.69, 9.17) is 16.7 Å². The van der Waals surface area contributed by atoms with Crippen LogP contribution >= 0.6 is 11.6 Å². The molecule has 0 heterocycles. The molecule has 1 aromatic rings. The average molecular weight is 304 g/mol. The molecule has 1 fully saturated rings. The molecule has 106 valence electrons. The Morgan fingerprint density at radius 1 is 1.42 bits per heavy atom. The minimum absolute atomic E-state index is 0.0196. The van der Waals surface area contributed by atoms with E-state index >= 15 is 0 Å². The van der Waals surface area contributed by atoms with Crippen LogP contribution < -0.4 is 4.72 Å². The number of hydrogen-bond donors (Lipinski definition) is 2. The van der Waals surface area contributed by atoms with E-state index in [9.17, 15) is 8.42 Å². The van der Waals surface area contributed by atoms with E-state index in [1.54, 1.807) is 6.07 Å². The molecule has 0 amide bonds. The minimum atomic E-state index is -3.62. The van der Waals surface area contributed by atoms with Gasteiger partial charge in [-0.3, -0.25) is 0 Å². The summed E-state index contributed by atoms with van der Waals surface area (Å²) in [5, 5.41) is 9.26. The van der Waals surface area contributed by atoms with Crippen LogP contribution in [0.1, 0.15) is 31.7 Å². The third kappa shape index (κ3) is 3.48. The Labute approximate surface area is 118 Å². The van der Waals surface area contributed by atoms with Gasteiger partial charge >= 0.3 is 0 Å². The average Bonchev–Trinajstić information content (AvgIpc) is 2.74. The highest BCUT2D eigenvalue weighted by molar-refractivity contribution is 7.89. The molecule has 0 spiro atoms. The zero-order valence-electron chi connectivity index (χ0n) is 10.8. The number of hydrogen-bond acceptors (Lipinski definition) is 3. The molecule has 6 heteroatoms. The van der Waals surface area contributed by atoms with Crippen LogP contribution in [0.3, 0.4) is 0 Å². The molecule has 1 aromatic carbocycles. The first-order chi connectivity index (χ1) is 8.92. The van der Waals surface area contributed by atoms with Gasteiger partial charge in [0.2, 0.25) is 10.0 Å². The summed E-state index contributed by atoms with van der Waals surface area (Å²) in [6, 6.07) is 4.51. The summed E-state index contributed by atoms with van der Waals surface area (Å²) in [5.41, 5.74) is 0.532. The monoisotopic (exact) mass is 303 g/mol. The Bertz CT molecular complexity index is 559. The van der Waals surface area contributed by atoms with Crippen molar-refractivity contribution in [1.82, 2.24) is 4.72 Å². The van der Waals surface area contributed by atoms with Gasteiger partial charge in [-0.1, -0.05) is 24.6 Å². The molecule has 4 nitrogen and oxygen atoms in total. The van der Waals surface area contributed by atoms with Crippen molar-refractivity contribution in [1.29, 1.82) is 0 Å². The van der Waals surface area contributed by atoms with E-state index in [1.807, 2.05) is 0 Å². The Morgan fingerprint density at radius 2 is 2.16 bits per heavy atom. The smallest absolute Gasteiger partial charge is 0.242 e. The Kier molecular flexibility index (Phi) is 4.50. The van der Waals surface area contributed by atoms with E-state index in [1.165, 1.54) is 12.1 Å². The molecule has 0 saturated heterocycles. The van der Waals surface area contributed by atoms with Gasteiger partial charge in [0.15, 0.2) is 0 Å². The number of benzene rings is 1. The summed E-state index contributed by atoms with van der Waals surface area (Å²) in [6.07, 6.45) is 2.76. The lowest BCUT2D eigenvalue weighted by Crippen LogP contribution is -2.33. The van der Waals surface area contributed by atoms with Crippen molar-refractivity contribution >= 4 is 21.6 Å². The van der Waals surface area contributed by atoms with Gasteiger partial charge in [0, 0.05) is 6.04 Å². The third-order valence-corrected chi connectivity index (χ3v) is 5.49. The van der Waals surface area contributed by atoms with Crippen LogP contribution in [0.15, 0.2) is 23.1 Å². The van der Waals surface area contributed by atoms with Crippen LogP contribution in [-0.4, -0.2) is 19.6 Å². The van der Waals surface area contributed by atoms with Gasteiger partial charge in [0.1, 0.15) is 4.90 Å². The Balaban J connectivity index is 2.24. The lowest BCUT2D eigenvalue weighted by atomic mass is 10.1. The third-order valence-electron chi connectivity index (χ3n) is 3.48. The highest BCUT2D eigenvalue weighted by Gasteiger charge is 2.27. The van der Waals surface area contributed by atoms with Crippen molar-refractivity contribution in [3.05, 3.63) is 28.8 Å².